The van der Waals surface area contributed by atoms with Crippen molar-refractivity contribution in [2.75, 3.05) is 21.0 Å². The largest absolute Gasteiger partial charge is 0.492 e. The van der Waals surface area contributed by atoms with Crippen molar-refractivity contribution in [2.24, 2.45) is 0 Å². The van der Waals surface area contributed by atoms with Gasteiger partial charge in [-0.15, -0.1) is 0 Å². The summed E-state index contributed by atoms with van der Waals surface area (Å²) in [5, 5.41) is 0.895. The second-order valence-electron chi connectivity index (χ2n) is 2.98. The van der Waals surface area contributed by atoms with Gasteiger partial charge in [0, 0.05) is 7.11 Å². The lowest BCUT2D eigenvalue weighted by molar-refractivity contribution is 0.0493. The third kappa shape index (κ3) is 1.76. The molecular weight excluding hydrogens is 196 g/mol. The zero-order valence-corrected chi connectivity index (χ0v) is 8.65. The number of methoxy groups -OCH3 is 2. The van der Waals surface area contributed by atoms with Gasteiger partial charge in [0.2, 0.25) is 0 Å². The van der Waals surface area contributed by atoms with E-state index in [1.54, 1.807) is 26.5 Å². The van der Waals surface area contributed by atoms with Gasteiger partial charge in [0.05, 0.1) is 18.8 Å². The van der Waals surface area contributed by atoms with Gasteiger partial charge in [-0.1, -0.05) is 0 Å². The van der Waals surface area contributed by atoms with E-state index in [1.807, 2.05) is 12.1 Å². The Kier molecular flexibility index (Phi) is 2.78. The van der Waals surface area contributed by atoms with Crippen molar-refractivity contribution in [1.82, 2.24) is 0 Å². The highest BCUT2D eigenvalue weighted by Crippen LogP contribution is 2.35. The molecule has 0 saturated heterocycles. The second kappa shape index (κ2) is 4.23. The SMILES string of the molecule is COCOc1ccc2occc2c1OC. The molecule has 0 atom stereocenters. The van der Waals surface area contributed by atoms with Crippen LogP contribution in [0.2, 0.25) is 0 Å². The zero-order chi connectivity index (χ0) is 10.7. The van der Waals surface area contributed by atoms with E-state index >= 15 is 0 Å². The van der Waals surface area contributed by atoms with Gasteiger partial charge in [-0.3, -0.25) is 0 Å². The summed E-state index contributed by atoms with van der Waals surface area (Å²) in [5.74, 6) is 1.31. The summed E-state index contributed by atoms with van der Waals surface area (Å²) in [4.78, 5) is 0. The van der Waals surface area contributed by atoms with Crippen LogP contribution in [0.3, 0.4) is 0 Å². The molecule has 0 aliphatic heterocycles. The summed E-state index contributed by atoms with van der Waals surface area (Å²) in [6, 6.07) is 5.47. The van der Waals surface area contributed by atoms with Gasteiger partial charge in [-0.05, 0) is 18.2 Å². The van der Waals surface area contributed by atoms with Gasteiger partial charge < -0.3 is 18.6 Å². The number of benzene rings is 1. The van der Waals surface area contributed by atoms with E-state index in [-0.39, 0.29) is 6.79 Å². The summed E-state index contributed by atoms with van der Waals surface area (Å²) in [6.45, 7) is 0.194. The molecule has 0 fully saturated rings. The topological polar surface area (TPSA) is 40.8 Å². The molecule has 1 aromatic carbocycles. The predicted molar refractivity (Wildman–Crippen MR) is 55.3 cm³/mol. The van der Waals surface area contributed by atoms with Crippen molar-refractivity contribution >= 4 is 11.0 Å². The standard InChI is InChI=1S/C11H12O4/c1-12-7-15-10-4-3-9-8(5-6-14-9)11(10)13-2/h3-6H,7H2,1-2H3. The maximum absolute atomic E-state index is 5.37. The van der Waals surface area contributed by atoms with Crippen LogP contribution in [0.5, 0.6) is 11.5 Å². The third-order valence-electron chi connectivity index (χ3n) is 2.09. The molecule has 0 spiro atoms. The molecule has 0 radical (unpaired) electrons. The van der Waals surface area contributed by atoms with Crippen LogP contribution in [-0.4, -0.2) is 21.0 Å². The summed E-state index contributed by atoms with van der Waals surface area (Å²) < 4.78 is 20.7. The molecule has 80 valence electrons. The lowest BCUT2D eigenvalue weighted by atomic mass is 10.2. The van der Waals surface area contributed by atoms with Crippen molar-refractivity contribution in [3.05, 3.63) is 24.5 Å². The van der Waals surface area contributed by atoms with Crippen molar-refractivity contribution in [3.8, 4) is 11.5 Å². The van der Waals surface area contributed by atoms with E-state index in [0.717, 1.165) is 11.0 Å². The molecule has 0 unspecified atom stereocenters. The molecule has 0 aliphatic carbocycles. The minimum Gasteiger partial charge on any atom is -0.492 e. The van der Waals surface area contributed by atoms with Crippen molar-refractivity contribution in [2.45, 2.75) is 0 Å². The maximum atomic E-state index is 5.37. The summed E-state index contributed by atoms with van der Waals surface area (Å²) in [7, 11) is 3.17. The average Bonchev–Trinajstić information content (AvgIpc) is 2.73. The number of hydrogen-bond donors (Lipinski definition) is 0. The first-order chi connectivity index (χ1) is 7.36. The Labute approximate surface area is 87.3 Å². The molecule has 0 amide bonds. The zero-order valence-electron chi connectivity index (χ0n) is 8.65. The Morgan fingerprint density at radius 2 is 2.07 bits per heavy atom. The maximum Gasteiger partial charge on any atom is 0.188 e. The Morgan fingerprint density at radius 3 is 2.80 bits per heavy atom. The van der Waals surface area contributed by atoms with E-state index in [2.05, 4.69) is 0 Å². The van der Waals surface area contributed by atoms with Gasteiger partial charge in [0.25, 0.3) is 0 Å². The molecule has 2 aromatic rings. The predicted octanol–water partition coefficient (Wildman–Crippen LogP) is 2.42. The fourth-order valence-corrected chi connectivity index (χ4v) is 1.44. The Bertz CT molecular complexity index is 447. The summed E-state index contributed by atoms with van der Waals surface area (Å²) in [6.07, 6.45) is 1.62. The molecule has 0 aliphatic rings. The summed E-state index contributed by atoms with van der Waals surface area (Å²) in [5.41, 5.74) is 0.775. The molecule has 1 aromatic heterocycles. The third-order valence-corrected chi connectivity index (χ3v) is 2.09. The Balaban J connectivity index is 2.44. The van der Waals surface area contributed by atoms with Gasteiger partial charge in [0.1, 0.15) is 5.58 Å². The first-order valence-electron chi connectivity index (χ1n) is 4.52. The number of rotatable bonds is 4. The van der Waals surface area contributed by atoms with E-state index in [4.69, 9.17) is 18.6 Å². The molecule has 0 saturated carbocycles. The van der Waals surface area contributed by atoms with E-state index in [9.17, 15) is 0 Å². The molecular formula is C11H12O4. The second-order valence-corrected chi connectivity index (χ2v) is 2.98. The monoisotopic (exact) mass is 208 g/mol. The molecule has 0 N–H and O–H groups in total. The Morgan fingerprint density at radius 1 is 1.20 bits per heavy atom. The smallest absolute Gasteiger partial charge is 0.188 e. The van der Waals surface area contributed by atoms with E-state index < -0.39 is 0 Å². The number of ether oxygens (including phenoxy) is 3. The first kappa shape index (κ1) is 9.86. The fraction of sp³-hybridized carbons (Fsp3) is 0.273. The van der Waals surface area contributed by atoms with Crippen molar-refractivity contribution in [3.63, 3.8) is 0 Å². The number of fused-ring (bicyclic) bond motifs is 1. The van der Waals surface area contributed by atoms with Gasteiger partial charge in [-0.25, -0.2) is 0 Å². The number of hydrogen-bond acceptors (Lipinski definition) is 4. The lowest BCUT2D eigenvalue weighted by Gasteiger charge is -2.09. The molecule has 1 heterocycles. The Hall–Kier alpha value is -1.68. The highest BCUT2D eigenvalue weighted by molar-refractivity contribution is 5.86. The van der Waals surface area contributed by atoms with Crippen molar-refractivity contribution in [1.29, 1.82) is 0 Å². The van der Waals surface area contributed by atoms with Crippen LogP contribution in [0.1, 0.15) is 0 Å². The fourth-order valence-electron chi connectivity index (χ4n) is 1.44. The van der Waals surface area contributed by atoms with Crippen LogP contribution in [0.25, 0.3) is 11.0 Å². The molecule has 4 nitrogen and oxygen atoms in total. The van der Waals surface area contributed by atoms with Gasteiger partial charge >= 0.3 is 0 Å². The van der Waals surface area contributed by atoms with Crippen LogP contribution in [0, 0.1) is 0 Å². The molecule has 0 bridgehead atoms. The first-order valence-corrected chi connectivity index (χ1v) is 4.52. The van der Waals surface area contributed by atoms with Crippen LogP contribution >= 0.6 is 0 Å². The van der Waals surface area contributed by atoms with E-state index in [0.29, 0.717) is 11.5 Å². The van der Waals surface area contributed by atoms with Gasteiger partial charge in [-0.2, -0.15) is 0 Å². The highest BCUT2D eigenvalue weighted by Gasteiger charge is 2.10. The highest BCUT2D eigenvalue weighted by atomic mass is 16.7. The number of furan rings is 1. The molecule has 15 heavy (non-hydrogen) atoms. The van der Waals surface area contributed by atoms with Crippen LogP contribution < -0.4 is 9.47 Å². The minimum atomic E-state index is 0.194. The minimum absolute atomic E-state index is 0.194. The quantitative estimate of drug-likeness (QED) is 0.723. The van der Waals surface area contributed by atoms with Crippen LogP contribution in [0.15, 0.2) is 28.9 Å². The van der Waals surface area contributed by atoms with Crippen LogP contribution in [0.4, 0.5) is 0 Å². The molecule has 4 heteroatoms. The van der Waals surface area contributed by atoms with Gasteiger partial charge in [0.15, 0.2) is 18.3 Å². The normalized spacial score (nSPS) is 10.5. The summed E-state index contributed by atoms with van der Waals surface area (Å²) >= 11 is 0. The van der Waals surface area contributed by atoms with Crippen LogP contribution in [-0.2, 0) is 4.74 Å². The van der Waals surface area contributed by atoms with E-state index in [1.165, 1.54) is 0 Å². The lowest BCUT2D eigenvalue weighted by Crippen LogP contribution is -2.00. The molecule has 2 rings (SSSR count). The van der Waals surface area contributed by atoms with Crippen molar-refractivity contribution < 1.29 is 18.6 Å². The average molecular weight is 208 g/mol.